The van der Waals surface area contributed by atoms with Gasteiger partial charge in [0.25, 0.3) is 0 Å². The second-order valence-corrected chi connectivity index (χ2v) is 11.0. The first-order valence-electron chi connectivity index (χ1n) is 10.1. The molecule has 10 heteroatoms. The molecule has 1 aliphatic rings. The molecule has 2 aromatic carbocycles. The monoisotopic (exact) mass is 475 g/mol. The largest absolute Gasteiger partial charge is 0.348 e. The molecule has 1 unspecified atom stereocenters. The predicted molar refractivity (Wildman–Crippen MR) is 123 cm³/mol. The number of amides is 1. The molecular formula is C22H22ClN3O5S. The number of nitrogens with zero attached hydrogens (tertiary/aromatic N) is 2. The summed E-state index contributed by atoms with van der Waals surface area (Å²) in [7, 11) is -3.22. The maximum absolute atomic E-state index is 13.0. The Morgan fingerprint density at radius 1 is 1.06 bits per heavy atom. The molecule has 4 rings (SSSR count). The molecule has 1 aromatic heterocycles. The van der Waals surface area contributed by atoms with E-state index in [9.17, 15) is 22.8 Å². The van der Waals surface area contributed by atoms with E-state index in [2.05, 4.69) is 5.32 Å². The van der Waals surface area contributed by atoms with Gasteiger partial charge in [-0.2, -0.15) is 0 Å². The summed E-state index contributed by atoms with van der Waals surface area (Å²) in [6, 6.07) is 14.0. The minimum atomic E-state index is -3.22. The first-order chi connectivity index (χ1) is 15.1. The number of aromatic nitrogens is 2. The zero-order chi connectivity index (χ0) is 23.1. The van der Waals surface area contributed by atoms with E-state index in [0.717, 1.165) is 10.1 Å². The van der Waals surface area contributed by atoms with Gasteiger partial charge < -0.3 is 5.32 Å². The number of nitrogens with one attached hydrogen (secondary N) is 1. The lowest BCUT2D eigenvalue weighted by Crippen LogP contribution is -2.50. The summed E-state index contributed by atoms with van der Waals surface area (Å²) in [5, 5.41) is 3.07. The van der Waals surface area contributed by atoms with Crippen molar-refractivity contribution in [3.05, 3.63) is 79.8 Å². The minimum absolute atomic E-state index is 0.00218. The number of benzene rings is 2. The van der Waals surface area contributed by atoms with Crippen LogP contribution < -0.4 is 16.4 Å². The van der Waals surface area contributed by atoms with E-state index in [-0.39, 0.29) is 18.1 Å². The van der Waals surface area contributed by atoms with E-state index in [1.165, 1.54) is 10.6 Å². The summed E-state index contributed by atoms with van der Waals surface area (Å²) in [4.78, 5) is 38.7. The van der Waals surface area contributed by atoms with Gasteiger partial charge in [-0.3, -0.25) is 23.5 Å². The summed E-state index contributed by atoms with van der Waals surface area (Å²) >= 11 is 6.15. The molecule has 0 aliphatic carbocycles. The van der Waals surface area contributed by atoms with Crippen LogP contribution in [0.25, 0.3) is 11.0 Å². The van der Waals surface area contributed by atoms with Gasteiger partial charge in [0, 0.05) is 5.02 Å². The molecular weight excluding hydrogens is 454 g/mol. The first-order valence-corrected chi connectivity index (χ1v) is 12.3. The quantitative estimate of drug-likeness (QED) is 0.563. The Kier molecular flexibility index (Phi) is 5.72. The summed E-state index contributed by atoms with van der Waals surface area (Å²) < 4.78 is 26.1. The molecule has 1 amide bonds. The summed E-state index contributed by atoms with van der Waals surface area (Å²) in [6.45, 7) is 1.42. The first kappa shape index (κ1) is 22.3. The summed E-state index contributed by atoms with van der Waals surface area (Å²) in [5.41, 5.74) is -0.866. The molecule has 1 saturated heterocycles. The number of carbonyl (C=O) groups excluding carboxylic acids is 1. The van der Waals surface area contributed by atoms with Crippen LogP contribution in [-0.2, 0) is 27.7 Å². The highest BCUT2D eigenvalue weighted by Gasteiger charge is 2.39. The van der Waals surface area contributed by atoms with Crippen LogP contribution in [0.1, 0.15) is 18.9 Å². The average Bonchev–Trinajstić information content (AvgIpc) is 3.01. The Morgan fingerprint density at radius 2 is 1.75 bits per heavy atom. The molecule has 0 spiro atoms. The van der Waals surface area contributed by atoms with Crippen molar-refractivity contribution in [1.82, 2.24) is 14.5 Å². The average molecular weight is 476 g/mol. The van der Waals surface area contributed by atoms with Gasteiger partial charge in [0.05, 0.1) is 34.6 Å². The fourth-order valence-corrected chi connectivity index (χ4v) is 6.36. The highest BCUT2D eigenvalue weighted by molar-refractivity contribution is 7.91. The van der Waals surface area contributed by atoms with Crippen LogP contribution in [-0.4, -0.2) is 40.5 Å². The topological polar surface area (TPSA) is 107 Å². The number of sulfone groups is 1. The van der Waals surface area contributed by atoms with Crippen LogP contribution in [0.5, 0.6) is 0 Å². The lowest BCUT2D eigenvalue weighted by Gasteiger charge is -2.24. The molecule has 1 atom stereocenters. The maximum atomic E-state index is 13.0. The SMILES string of the molecule is CC1(NC(=O)Cn2c(=O)c(=O)n(Cc3ccccc3)c3ccc(Cl)cc32)CCS(=O)(=O)C1. The highest BCUT2D eigenvalue weighted by atomic mass is 35.5. The second kappa shape index (κ2) is 8.22. The van der Waals surface area contributed by atoms with Crippen molar-refractivity contribution < 1.29 is 13.2 Å². The molecule has 0 saturated carbocycles. The number of hydrogen-bond donors (Lipinski definition) is 1. The highest BCUT2D eigenvalue weighted by Crippen LogP contribution is 2.23. The summed E-state index contributed by atoms with van der Waals surface area (Å²) in [5.74, 6) is -0.711. The van der Waals surface area contributed by atoms with Gasteiger partial charge >= 0.3 is 11.1 Å². The third kappa shape index (κ3) is 4.49. The van der Waals surface area contributed by atoms with Gasteiger partial charge in [0.1, 0.15) is 6.54 Å². The minimum Gasteiger partial charge on any atom is -0.348 e. The molecule has 32 heavy (non-hydrogen) atoms. The van der Waals surface area contributed by atoms with Gasteiger partial charge in [0.15, 0.2) is 9.84 Å². The second-order valence-electron chi connectivity index (χ2n) is 8.35. The molecule has 1 N–H and O–H groups in total. The van der Waals surface area contributed by atoms with E-state index in [0.29, 0.717) is 22.5 Å². The molecule has 168 valence electrons. The van der Waals surface area contributed by atoms with Crippen LogP contribution in [0.4, 0.5) is 0 Å². The number of halogens is 1. The fraction of sp³-hybridized carbons (Fsp3) is 0.318. The van der Waals surface area contributed by atoms with Gasteiger partial charge in [-0.15, -0.1) is 0 Å². The van der Waals surface area contributed by atoms with Crippen LogP contribution >= 0.6 is 11.6 Å². The normalized spacial score (nSPS) is 19.8. The van der Waals surface area contributed by atoms with Crippen LogP contribution in [0, 0.1) is 0 Å². The van der Waals surface area contributed by atoms with Gasteiger partial charge in [-0.1, -0.05) is 41.9 Å². The zero-order valence-electron chi connectivity index (χ0n) is 17.4. The van der Waals surface area contributed by atoms with E-state index in [4.69, 9.17) is 11.6 Å². The Morgan fingerprint density at radius 3 is 2.41 bits per heavy atom. The Balaban J connectivity index is 1.74. The fourth-order valence-electron chi connectivity index (χ4n) is 4.10. The van der Waals surface area contributed by atoms with Crippen molar-refractivity contribution in [2.45, 2.75) is 32.0 Å². The Bertz CT molecular complexity index is 1430. The van der Waals surface area contributed by atoms with Crippen molar-refractivity contribution in [3.8, 4) is 0 Å². The standard InChI is InChI=1S/C22H22ClN3O5S/c1-22(9-10-32(30,31)14-22)24-19(27)13-26-18-11-16(23)7-8-17(18)25(20(28)21(26)29)12-15-5-3-2-4-6-15/h2-8,11H,9-10,12-14H2,1H3,(H,24,27). The van der Waals surface area contributed by atoms with E-state index < -0.39 is 38.9 Å². The lowest BCUT2D eigenvalue weighted by molar-refractivity contribution is -0.123. The number of rotatable bonds is 5. The zero-order valence-corrected chi connectivity index (χ0v) is 18.9. The van der Waals surface area contributed by atoms with Gasteiger partial charge in [-0.05, 0) is 37.1 Å². The van der Waals surface area contributed by atoms with E-state index in [1.807, 2.05) is 30.3 Å². The Labute approximate surface area is 189 Å². The maximum Gasteiger partial charge on any atom is 0.317 e. The van der Waals surface area contributed by atoms with Gasteiger partial charge in [0.2, 0.25) is 5.91 Å². The predicted octanol–water partition coefficient (Wildman–Crippen LogP) is 1.56. The number of fused-ring (bicyclic) bond motifs is 1. The number of hydrogen-bond acceptors (Lipinski definition) is 5. The third-order valence-electron chi connectivity index (χ3n) is 5.62. The molecule has 3 aromatic rings. The van der Waals surface area contributed by atoms with Crippen molar-refractivity contribution in [1.29, 1.82) is 0 Å². The Hall–Kier alpha value is -2.91. The molecule has 2 heterocycles. The van der Waals surface area contributed by atoms with Crippen LogP contribution in [0.2, 0.25) is 5.02 Å². The summed E-state index contributed by atoms with van der Waals surface area (Å²) in [6.07, 6.45) is 0.293. The van der Waals surface area contributed by atoms with Crippen molar-refractivity contribution >= 4 is 38.4 Å². The third-order valence-corrected chi connectivity index (χ3v) is 7.76. The van der Waals surface area contributed by atoms with E-state index in [1.54, 1.807) is 19.1 Å². The molecule has 0 radical (unpaired) electrons. The van der Waals surface area contributed by atoms with Crippen molar-refractivity contribution in [3.63, 3.8) is 0 Å². The van der Waals surface area contributed by atoms with Gasteiger partial charge in [-0.25, -0.2) is 8.42 Å². The van der Waals surface area contributed by atoms with Crippen molar-refractivity contribution in [2.24, 2.45) is 0 Å². The van der Waals surface area contributed by atoms with Crippen LogP contribution in [0.15, 0.2) is 58.1 Å². The molecule has 1 fully saturated rings. The number of carbonyl (C=O) groups is 1. The lowest BCUT2D eigenvalue weighted by atomic mass is 10.0. The van der Waals surface area contributed by atoms with E-state index >= 15 is 0 Å². The molecule has 8 nitrogen and oxygen atoms in total. The van der Waals surface area contributed by atoms with Crippen LogP contribution in [0.3, 0.4) is 0 Å². The molecule has 0 bridgehead atoms. The molecule has 1 aliphatic heterocycles. The smallest absolute Gasteiger partial charge is 0.317 e. The van der Waals surface area contributed by atoms with Crippen molar-refractivity contribution in [2.75, 3.05) is 11.5 Å².